The fourth-order valence-electron chi connectivity index (χ4n) is 2.61. The third kappa shape index (κ3) is 4.11. The molecule has 3 rings (SSSR count). The molecule has 0 fully saturated rings. The minimum absolute atomic E-state index is 0.193. The third-order valence-electron chi connectivity index (χ3n) is 3.87. The Balaban J connectivity index is 1.88. The van der Waals surface area contributed by atoms with Crippen LogP contribution >= 0.6 is 0 Å². The van der Waals surface area contributed by atoms with E-state index in [1.807, 2.05) is 54.6 Å². The lowest BCUT2D eigenvalue weighted by atomic mass is 9.98. The largest absolute Gasteiger partial charge is 0.392 e. The molecule has 0 spiro atoms. The summed E-state index contributed by atoms with van der Waals surface area (Å²) in [6.45, 7) is 1.87. The maximum Gasteiger partial charge on any atom is 0.251 e. The van der Waals surface area contributed by atoms with Gasteiger partial charge >= 0.3 is 0 Å². The lowest BCUT2D eigenvalue weighted by molar-refractivity contribution is 0.0924. The van der Waals surface area contributed by atoms with E-state index in [4.69, 9.17) is 0 Å². The first-order valence-corrected chi connectivity index (χ1v) is 8.22. The zero-order chi connectivity index (χ0) is 17.6. The molecule has 1 unspecified atom stereocenters. The van der Waals surface area contributed by atoms with Crippen LogP contribution in [0, 0.1) is 0 Å². The van der Waals surface area contributed by atoms with Gasteiger partial charge in [0.15, 0.2) is 0 Å². The third-order valence-corrected chi connectivity index (χ3v) is 3.87. The van der Waals surface area contributed by atoms with Gasteiger partial charge in [0.2, 0.25) is 0 Å². The van der Waals surface area contributed by atoms with Gasteiger partial charge in [0.25, 0.3) is 5.91 Å². The van der Waals surface area contributed by atoms with Crippen molar-refractivity contribution in [3.8, 4) is 22.4 Å². The summed E-state index contributed by atoms with van der Waals surface area (Å²) in [5, 5.41) is 12.0. The standard InChI is InChI=1S/C21H20N2O2/c1-15(24)14-23-21(25)18-11-9-16(10-12-18)19-8-5-13-22-20(19)17-6-3-2-4-7-17/h2-13,15,24H,14H2,1H3,(H,23,25). The van der Waals surface area contributed by atoms with E-state index in [0.717, 1.165) is 22.4 Å². The highest BCUT2D eigenvalue weighted by Crippen LogP contribution is 2.30. The van der Waals surface area contributed by atoms with E-state index in [1.54, 1.807) is 25.3 Å². The van der Waals surface area contributed by atoms with Gasteiger partial charge in [-0.25, -0.2) is 0 Å². The summed E-state index contributed by atoms with van der Waals surface area (Å²) in [7, 11) is 0. The molecule has 3 aromatic rings. The number of hydrogen-bond donors (Lipinski definition) is 2. The van der Waals surface area contributed by atoms with Crippen LogP contribution in [0.5, 0.6) is 0 Å². The van der Waals surface area contributed by atoms with E-state index in [-0.39, 0.29) is 12.5 Å². The summed E-state index contributed by atoms with van der Waals surface area (Å²) in [5.74, 6) is -0.193. The number of hydrogen-bond acceptors (Lipinski definition) is 3. The summed E-state index contributed by atoms with van der Waals surface area (Å²) in [6.07, 6.45) is 1.22. The molecule has 2 N–H and O–H groups in total. The predicted molar refractivity (Wildman–Crippen MR) is 99.1 cm³/mol. The molecule has 0 bridgehead atoms. The van der Waals surface area contributed by atoms with Crippen molar-refractivity contribution in [1.29, 1.82) is 0 Å². The van der Waals surface area contributed by atoms with Crippen LogP contribution in [0.1, 0.15) is 17.3 Å². The van der Waals surface area contributed by atoms with Gasteiger partial charge in [0.05, 0.1) is 11.8 Å². The summed E-state index contributed by atoms with van der Waals surface area (Å²) in [6, 6.07) is 21.4. The molecule has 1 heterocycles. The van der Waals surface area contributed by atoms with Crippen molar-refractivity contribution in [2.75, 3.05) is 6.54 Å². The quantitative estimate of drug-likeness (QED) is 0.751. The minimum Gasteiger partial charge on any atom is -0.392 e. The second-order valence-electron chi connectivity index (χ2n) is 5.90. The van der Waals surface area contributed by atoms with Crippen molar-refractivity contribution >= 4 is 5.91 Å². The van der Waals surface area contributed by atoms with E-state index in [1.165, 1.54) is 0 Å². The molecule has 4 heteroatoms. The Morgan fingerprint density at radius 1 is 1.00 bits per heavy atom. The molecule has 0 saturated heterocycles. The molecule has 2 aromatic carbocycles. The Hall–Kier alpha value is -2.98. The maximum atomic E-state index is 12.1. The smallest absolute Gasteiger partial charge is 0.251 e. The molecule has 126 valence electrons. The van der Waals surface area contributed by atoms with Crippen molar-refractivity contribution in [3.63, 3.8) is 0 Å². The van der Waals surface area contributed by atoms with E-state index >= 15 is 0 Å². The van der Waals surface area contributed by atoms with Crippen molar-refractivity contribution in [1.82, 2.24) is 10.3 Å². The summed E-state index contributed by atoms with van der Waals surface area (Å²) < 4.78 is 0. The second kappa shape index (κ2) is 7.73. The van der Waals surface area contributed by atoms with Gasteiger partial charge in [0.1, 0.15) is 0 Å². The number of pyridine rings is 1. The van der Waals surface area contributed by atoms with E-state index in [9.17, 15) is 9.90 Å². The summed E-state index contributed by atoms with van der Waals surface area (Å²) >= 11 is 0. The van der Waals surface area contributed by atoms with Gasteiger partial charge in [-0.05, 0) is 30.7 Å². The van der Waals surface area contributed by atoms with Crippen molar-refractivity contribution in [2.24, 2.45) is 0 Å². The molecule has 1 atom stereocenters. The molecule has 0 aliphatic rings. The van der Waals surface area contributed by atoms with Crippen LogP contribution in [0.25, 0.3) is 22.4 Å². The van der Waals surface area contributed by atoms with Crippen LogP contribution in [0.4, 0.5) is 0 Å². The molecule has 1 amide bonds. The van der Waals surface area contributed by atoms with Crippen molar-refractivity contribution in [2.45, 2.75) is 13.0 Å². The Labute approximate surface area is 147 Å². The van der Waals surface area contributed by atoms with Gasteiger partial charge in [-0.15, -0.1) is 0 Å². The molecular formula is C21H20N2O2. The highest BCUT2D eigenvalue weighted by Gasteiger charge is 2.10. The van der Waals surface area contributed by atoms with Crippen LogP contribution in [0.15, 0.2) is 72.9 Å². The SMILES string of the molecule is CC(O)CNC(=O)c1ccc(-c2cccnc2-c2ccccc2)cc1. The first-order valence-electron chi connectivity index (χ1n) is 8.22. The van der Waals surface area contributed by atoms with Crippen molar-refractivity contribution in [3.05, 3.63) is 78.5 Å². The van der Waals surface area contributed by atoms with E-state index < -0.39 is 6.10 Å². The van der Waals surface area contributed by atoms with Gasteiger partial charge in [-0.3, -0.25) is 9.78 Å². The zero-order valence-electron chi connectivity index (χ0n) is 14.0. The Morgan fingerprint density at radius 2 is 1.72 bits per heavy atom. The first-order chi connectivity index (χ1) is 12.1. The number of aliphatic hydroxyl groups excluding tert-OH is 1. The van der Waals surface area contributed by atoms with Crippen LogP contribution < -0.4 is 5.32 Å². The monoisotopic (exact) mass is 332 g/mol. The Bertz CT molecular complexity index is 843. The molecule has 25 heavy (non-hydrogen) atoms. The second-order valence-corrected chi connectivity index (χ2v) is 5.90. The van der Waals surface area contributed by atoms with Crippen LogP contribution in [-0.4, -0.2) is 28.6 Å². The zero-order valence-corrected chi connectivity index (χ0v) is 14.0. The number of nitrogens with one attached hydrogen (secondary N) is 1. The van der Waals surface area contributed by atoms with Gasteiger partial charge in [0, 0.05) is 29.4 Å². The molecule has 0 radical (unpaired) electrons. The summed E-state index contributed by atoms with van der Waals surface area (Å²) in [4.78, 5) is 16.6. The van der Waals surface area contributed by atoms with Gasteiger partial charge in [-0.2, -0.15) is 0 Å². The lowest BCUT2D eigenvalue weighted by Crippen LogP contribution is -2.30. The molecule has 0 aliphatic carbocycles. The molecular weight excluding hydrogens is 312 g/mol. The first kappa shape index (κ1) is 16.9. The molecule has 0 aliphatic heterocycles. The number of nitrogens with zero attached hydrogens (tertiary/aromatic N) is 1. The number of aliphatic hydroxyl groups is 1. The molecule has 4 nitrogen and oxygen atoms in total. The average Bonchev–Trinajstić information content (AvgIpc) is 2.67. The van der Waals surface area contributed by atoms with Crippen molar-refractivity contribution < 1.29 is 9.90 Å². The summed E-state index contributed by atoms with van der Waals surface area (Å²) in [5.41, 5.74) is 4.55. The molecule has 0 saturated carbocycles. The number of carbonyl (C=O) groups excluding carboxylic acids is 1. The van der Waals surface area contributed by atoms with E-state index in [0.29, 0.717) is 5.56 Å². The number of benzene rings is 2. The number of aromatic nitrogens is 1. The number of carbonyl (C=O) groups is 1. The number of amides is 1. The minimum atomic E-state index is -0.563. The van der Waals surface area contributed by atoms with Gasteiger partial charge in [-0.1, -0.05) is 48.5 Å². The highest BCUT2D eigenvalue weighted by atomic mass is 16.3. The molecule has 1 aromatic heterocycles. The fourth-order valence-corrected chi connectivity index (χ4v) is 2.61. The van der Waals surface area contributed by atoms with Crippen LogP contribution in [0.3, 0.4) is 0 Å². The predicted octanol–water partition coefficient (Wildman–Crippen LogP) is 3.53. The van der Waals surface area contributed by atoms with Gasteiger partial charge < -0.3 is 10.4 Å². The average molecular weight is 332 g/mol. The Kier molecular flexibility index (Phi) is 5.21. The number of rotatable bonds is 5. The van der Waals surface area contributed by atoms with Crippen LogP contribution in [0.2, 0.25) is 0 Å². The maximum absolute atomic E-state index is 12.1. The normalized spacial score (nSPS) is 11.8. The lowest BCUT2D eigenvalue weighted by Gasteiger charge is -2.10. The highest BCUT2D eigenvalue weighted by molar-refractivity contribution is 5.95. The Morgan fingerprint density at radius 3 is 2.40 bits per heavy atom. The topological polar surface area (TPSA) is 62.2 Å². The van der Waals surface area contributed by atoms with Crippen LogP contribution in [-0.2, 0) is 0 Å². The fraction of sp³-hybridized carbons (Fsp3) is 0.143. The van der Waals surface area contributed by atoms with E-state index in [2.05, 4.69) is 10.3 Å².